The van der Waals surface area contributed by atoms with Crippen molar-refractivity contribution in [1.82, 2.24) is 4.57 Å². The number of amides is 1. The summed E-state index contributed by atoms with van der Waals surface area (Å²) in [5, 5.41) is 2.42. The first kappa shape index (κ1) is 13.8. The van der Waals surface area contributed by atoms with E-state index in [0.29, 0.717) is 4.47 Å². The molecule has 1 heterocycles. The van der Waals surface area contributed by atoms with Crippen LogP contribution in [0.1, 0.15) is 20.8 Å². The summed E-state index contributed by atoms with van der Waals surface area (Å²) in [6.45, 7) is 5.27. The van der Waals surface area contributed by atoms with Crippen LogP contribution in [-0.4, -0.2) is 16.3 Å². The highest BCUT2D eigenvalue weighted by molar-refractivity contribution is 9.10. The molecule has 0 saturated heterocycles. The van der Waals surface area contributed by atoms with Gasteiger partial charge < -0.3 is 9.30 Å². The molecule has 0 aliphatic carbocycles. The van der Waals surface area contributed by atoms with Gasteiger partial charge in [-0.3, -0.25) is 10.1 Å². The number of ether oxygens (including phenoxy) is 1. The summed E-state index contributed by atoms with van der Waals surface area (Å²) in [7, 11) is 1.75. The standard InChI is InChI=1S/C11H15BrN2O3/c1-11(2,3)17-10(16)13-8-6-14(4)5-7(12)9(8)15/h5-6H,1-4H3,(H,13,16). The summed E-state index contributed by atoms with van der Waals surface area (Å²) in [4.78, 5) is 23.2. The highest BCUT2D eigenvalue weighted by Crippen LogP contribution is 2.11. The second-order valence-electron chi connectivity index (χ2n) is 4.64. The Morgan fingerprint density at radius 3 is 2.53 bits per heavy atom. The number of nitrogens with zero attached hydrogens (tertiary/aromatic N) is 1. The van der Waals surface area contributed by atoms with Crippen LogP contribution in [0.25, 0.3) is 0 Å². The third-order valence-electron chi connectivity index (χ3n) is 1.75. The summed E-state index contributed by atoms with van der Waals surface area (Å²) < 4.78 is 7.11. The molecule has 0 atom stereocenters. The van der Waals surface area contributed by atoms with Gasteiger partial charge in [0.15, 0.2) is 0 Å². The van der Waals surface area contributed by atoms with E-state index in [0.717, 1.165) is 0 Å². The van der Waals surface area contributed by atoms with E-state index < -0.39 is 11.7 Å². The minimum Gasteiger partial charge on any atom is -0.444 e. The SMILES string of the molecule is Cn1cc(Br)c(=O)c(NC(=O)OC(C)(C)C)c1. The predicted molar refractivity (Wildman–Crippen MR) is 69.2 cm³/mol. The average molecular weight is 303 g/mol. The number of pyridine rings is 1. The number of hydrogen-bond acceptors (Lipinski definition) is 3. The van der Waals surface area contributed by atoms with Gasteiger partial charge in [-0.2, -0.15) is 0 Å². The first-order valence-corrected chi connectivity index (χ1v) is 5.84. The Labute approximate surface area is 108 Å². The number of nitrogens with one attached hydrogen (secondary N) is 1. The van der Waals surface area contributed by atoms with E-state index in [2.05, 4.69) is 21.2 Å². The van der Waals surface area contributed by atoms with Gasteiger partial charge in [0.25, 0.3) is 0 Å². The molecule has 0 unspecified atom stereocenters. The fraction of sp³-hybridized carbons (Fsp3) is 0.455. The van der Waals surface area contributed by atoms with Crippen molar-refractivity contribution in [1.29, 1.82) is 0 Å². The van der Waals surface area contributed by atoms with E-state index in [1.54, 1.807) is 38.6 Å². The first-order valence-electron chi connectivity index (χ1n) is 5.05. The molecule has 0 aliphatic heterocycles. The number of carbonyl (C=O) groups excluding carboxylic acids is 1. The number of rotatable bonds is 1. The Bertz CT molecular complexity index is 488. The van der Waals surface area contributed by atoms with Gasteiger partial charge in [0.2, 0.25) is 5.43 Å². The van der Waals surface area contributed by atoms with Gasteiger partial charge in [-0.1, -0.05) is 0 Å². The molecule has 0 aromatic carbocycles. The van der Waals surface area contributed by atoms with Crippen LogP contribution in [0.5, 0.6) is 0 Å². The maximum Gasteiger partial charge on any atom is 0.412 e. The van der Waals surface area contributed by atoms with Crippen molar-refractivity contribution in [3.8, 4) is 0 Å². The zero-order valence-electron chi connectivity index (χ0n) is 10.2. The summed E-state index contributed by atoms with van der Waals surface area (Å²) >= 11 is 3.12. The Morgan fingerprint density at radius 1 is 1.41 bits per heavy atom. The third-order valence-corrected chi connectivity index (χ3v) is 2.31. The Kier molecular flexibility index (Phi) is 3.98. The summed E-state index contributed by atoms with van der Waals surface area (Å²) in [6, 6.07) is 0. The minimum atomic E-state index is -0.646. The summed E-state index contributed by atoms with van der Waals surface area (Å²) in [5.41, 5.74) is -0.702. The fourth-order valence-electron chi connectivity index (χ4n) is 1.17. The highest BCUT2D eigenvalue weighted by atomic mass is 79.9. The molecule has 6 heteroatoms. The smallest absolute Gasteiger partial charge is 0.412 e. The molecule has 0 radical (unpaired) electrons. The lowest BCUT2D eigenvalue weighted by Gasteiger charge is -2.19. The van der Waals surface area contributed by atoms with Gasteiger partial charge in [0.05, 0.1) is 4.47 Å². The van der Waals surface area contributed by atoms with Crippen LogP contribution < -0.4 is 10.7 Å². The molecule has 1 rings (SSSR count). The van der Waals surface area contributed by atoms with Gasteiger partial charge in [-0.25, -0.2) is 4.79 Å². The van der Waals surface area contributed by atoms with Gasteiger partial charge >= 0.3 is 6.09 Å². The number of carbonyl (C=O) groups is 1. The van der Waals surface area contributed by atoms with Crippen LogP contribution in [0.15, 0.2) is 21.7 Å². The van der Waals surface area contributed by atoms with E-state index in [-0.39, 0.29) is 11.1 Å². The molecule has 0 spiro atoms. The molecule has 0 fully saturated rings. The van der Waals surface area contributed by atoms with Crippen molar-refractivity contribution in [3.05, 3.63) is 27.1 Å². The van der Waals surface area contributed by atoms with Crippen molar-refractivity contribution >= 4 is 27.7 Å². The van der Waals surface area contributed by atoms with Crippen LogP contribution in [0.3, 0.4) is 0 Å². The molecule has 5 nitrogen and oxygen atoms in total. The number of aryl methyl sites for hydroxylation is 1. The minimum absolute atomic E-state index is 0.177. The largest absolute Gasteiger partial charge is 0.444 e. The van der Waals surface area contributed by atoms with E-state index in [1.165, 1.54) is 6.20 Å². The molecule has 1 aromatic heterocycles. The molecule has 1 aromatic rings. The van der Waals surface area contributed by atoms with Crippen molar-refractivity contribution in [2.24, 2.45) is 7.05 Å². The zero-order valence-corrected chi connectivity index (χ0v) is 11.8. The quantitative estimate of drug-likeness (QED) is 0.867. The molecular formula is C11H15BrN2O3. The van der Waals surface area contributed by atoms with Crippen LogP contribution in [0, 0.1) is 0 Å². The Balaban J connectivity index is 2.89. The van der Waals surface area contributed by atoms with E-state index >= 15 is 0 Å². The van der Waals surface area contributed by atoms with Gasteiger partial charge in [0.1, 0.15) is 11.3 Å². The Hall–Kier alpha value is -1.30. The molecule has 0 saturated carbocycles. The third kappa shape index (κ3) is 4.22. The first-order chi connectivity index (χ1) is 7.69. The molecule has 94 valence electrons. The predicted octanol–water partition coefficient (Wildman–Crippen LogP) is 2.49. The van der Waals surface area contributed by atoms with Crippen molar-refractivity contribution < 1.29 is 9.53 Å². The Morgan fingerprint density at radius 2 is 2.00 bits per heavy atom. The van der Waals surface area contributed by atoms with E-state index in [9.17, 15) is 9.59 Å². The number of hydrogen-bond donors (Lipinski definition) is 1. The number of halogens is 1. The molecular weight excluding hydrogens is 288 g/mol. The molecule has 1 N–H and O–H groups in total. The molecule has 0 aliphatic rings. The second kappa shape index (κ2) is 4.91. The molecule has 0 bridgehead atoms. The lowest BCUT2D eigenvalue weighted by Crippen LogP contribution is -2.29. The van der Waals surface area contributed by atoms with Gasteiger partial charge in [-0.15, -0.1) is 0 Å². The number of anilines is 1. The fourth-order valence-corrected chi connectivity index (χ4v) is 1.70. The molecule has 1 amide bonds. The van der Waals surface area contributed by atoms with E-state index in [4.69, 9.17) is 4.74 Å². The maximum absolute atomic E-state index is 11.7. The van der Waals surface area contributed by atoms with Crippen LogP contribution in [0.2, 0.25) is 0 Å². The van der Waals surface area contributed by atoms with Gasteiger partial charge in [-0.05, 0) is 36.7 Å². The lowest BCUT2D eigenvalue weighted by atomic mass is 10.2. The van der Waals surface area contributed by atoms with Crippen LogP contribution >= 0.6 is 15.9 Å². The van der Waals surface area contributed by atoms with Crippen molar-refractivity contribution in [3.63, 3.8) is 0 Å². The van der Waals surface area contributed by atoms with E-state index in [1.807, 2.05) is 0 Å². The maximum atomic E-state index is 11.7. The van der Waals surface area contributed by atoms with Crippen molar-refractivity contribution in [2.45, 2.75) is 26.4 Å². The van der Waals surface area contributed by atoms with Gasteiger partial charge in [0, 0.05) is 19.4 Å². The topological polar surface area (TPSA) is 60.3 Å². The zero-order chi connectivity index (χ0) is 13.2. The second-order valence-corrected chi connectivity index (χ2v) is 5.50. The summed E-state index contributed by atoms with van der Waals surface area (Å²) in [6.07, 6.45) is 2.49. The highest BCUT2D eigenvalue weighted by Gasteiger charge is 2.17. The number of aromatic nitrogens is 1. The van der Waals surface area contributed by atoms with Crippen LogP contribution in [-0.2, 0) is 11.8 Å². The molecule has 17 heavy (non-hydrogen) atoms. The monoisotopic (exact) mass is 302 g/mol. The van der Waals surface area contributed by atoms with Crippen molar-refractivity contribution in [2.75, 3.05) is 5.32 Å². The average Bonchev–Trinajstić information content (AvgIpc) is 2.10. The van der Waals surface area contributed by atoms with Crippen LogP contribution in [0.4, 0.5) is 10.5 Å². The summed E-state index contributed by atoms with van der Waals surface area (Å²) in [5.74, 6) is 0. The normalized spacial score (nSPS) is 11.1. The lowest BCUT2D eigenvalue weighted by molar-refractivity contribution is 0.0635.